The molecule has 80 heavy (non-hydrogen) atoms. The van der Waals surface area contributed by atoms with Crippen LogP contribution in [0.3, 0.4) is 0 Å². The van der Waals surface area contributed by atoms with Crippen molar-refractivity contribution in [3.63, 3.8) is 0 Å². The zero-order valence-electron chi connectivity index (χ0n) is 43.5. The van der Waals surface area contributed by atoms with Crippen LogP contribution in [0.2, 0.25) is 0 Å². The molecule has 28 heteroatoms. The predicted molar refractivity (Wildman–Crippen MR) is 276 cm³/mol. The number of halogens is 4. The molecule has 6 aromatic heterocycles. The molecule has 0 aliphatic carbocycles. The Morgan fingerprint density at radius 1 is 0.688 bits per heavy atom. The van der Waals surface area contributed by atoms with E-state index in [9.17, 15) is 39.4 Å². The van der Waals surface area contributed by atoms with Gasteiger partial charge in [0.2, 0.25) is 23.4 Å². The number of esters is 1. The molecule has 1 amide bonds. The number of ether oxygens (including phenoxy) is 4. The van der Waals surface area contributed by atoms with Crippen LogP contribution in [-0.4, -0.2) is 106 Å². The van der Waals surface area contributed by atoms with E-state index in [2.05, 4.69) is 35.2 Å². The van der Waals surface area contributed by atoms with Gasteiger partial charge in [-0.1, -0.05) is 39.8 Å². The van der Waals surface area contributed by atoms with Gasteiger partial charge in [-0.2, -0.15) is 8.78 Å². The van der Waals surface area contributed by atoms with Gasteiger partial charge in [-0.15, -0.1) is 0 Å². The molecule has 8 aromatic rings. The lowest BCUT2D eigenvalue weighted by molar-refractivity contribution is -0.387. The first kappa shape index (κ1) is 54.9. The molecular weight excluding hydrogens is 1060 g/mol. The molecule has 1 aliphatic rings. The number of rotatable bonds is 13. The largest absolute Gasteiger partial charge is 0.496 e. The Labute approximate surface area is 447 Å². The fraction of sp³-hybridized carbons (Fsp3) is 0.269. The van der Waals surface area contributed by atoms with Crippen LogP contribution in [0, 0.1) is 57.6 Å². The first-order valence-electron chi connectivity index (χ1n) is 24.2. The third kappa shape index (κ3) is 9.47. The normalized spacial score (nSPS) is 13.5. The monoisotopic (exact) mass is 1100 g/mol. The molecule has 1 saturated heterocycles. The van der Waals surface area contributed by atoms with Crippen molar-refractivity contribution in [1.82, 2.24) is 49.3 Å². The second-order valence-electron chi connectivity index (χ2n) is 18.6. The van der Waals surface area contributed by atoms with E-state index < -0.39 is 148 Å². The van der Waals surface area contributed by atoms with E-state index in [0.29, 0.717) is 0 Å². The van der Waals surface area contributed by atoms with Gasteiger partial charge in [-0.25, -0.2) is 48.3 Å². The van der Waals surface area contributed by atoms with Crippen molar-refractivity contribution >= 4 is 45.5 Å². The first-order chi connectivity index (χ1) is 38.1. The van der Waals surface area contributed by atoms with Crippen LogP contribution in [0.5, 0.6) is 23.0 Å². The molecule has 1 aliphatic heterocycles. The Morgan fingerprint density at radius 2 is 1.12 bits per heavy atom. The van der Waals surface area contributed by atoms with Crippen molar-refractivity contribution in [1.29, 1.82) is 0 Å². The summed E-state index contributed by atoms with van der Waals surface area (Å²) in [6.07, 6.45) is 0.911. The van der Waals surface area contributed by atoms with Gasteiger partial charge in [0.1, 0.15) is 52.9 Å². The Balaban J connectivity index is 1.16. The molecular formula is C52H44F4N12O12. The Morgan fingerprint density at radius 3 is 1.54 bits per heavy atom. The Hall–Kier alpha value is -9.86. The number of nitro groups is 2. The number of hydrogen-bond acceptors (Lipinski definition) is 19. The standard InChI is InChI=1S/C52H44F4N12O12/c1-22(2)37-41(24(5)58-20-60-37)65-31-17-26(35-28(53)11-9-13-33(35)77-7)47(55)62-39(31)45(43(49(65)69)67(73)74)79-51(71)30-19-64(16-15-57-30)52(72)80-46-40-32(18-27(48(56)63-40)36-29(54)12-10-14-34(36)78-8)66(50(70)44(46)68(75)76)42-25(6)59-21-61-38(42)23(3)4/h9-14,17-18,20-23,30,57H,15-16,19H2,1-8H3. The van der Waals surface area contributed by atoms with Crippen molar-refractivity contribution in [3.05, 3.63) is 148 Å². The summed E-state index contributed by atoms with van der Waals surface area (Å²) in [6.45, 7) is 8.41. The highest BCUT2D eigenvalue weighted by molar-refractivity contribution is 5.95. The third-order valence-corrected chi connectivity index (χ3v) is 13.1. The number of benzene rings is 2. The topological polar surface area (TPSA) is 294 Å². The van der Waals surface area contributed by atoms with E-state index in [1.165, 1.54) is 65.0 Å². The fourth-order valence-corrected chi connectivity index (χ4v) is 9.43. The van der Waals surface area contributed by atoms with Gasteiger partial charge in [-0.3, -0.25) is 39.0 Å². The molecule has 0 radical (unpaired) electrons. The Bertz CT molecular complexity index is 3810. The van der Waals surface area contributed by atoms with Gasteiger partial charge in [0.15, 0.2) is 0 Å². The number of methoxy groups -OCH3 is 2. The zero-order valence-corrected chi connectivity index (χ0v) is 43.5. The summed E-state index contributed by atoms with van der Waals surface area (Å²) in [5.74, 6) is -9.87. The van der Waals surface area contributed by atoms with E-state index in [4.69, 9.17) is 18.9 Å². The highest BCUT2D eigenvalue weighted by Crippen LogP contribution is 2.43. The summed E-state index contributed by atoms with van der Waals surface area (Å²) in [5, 5.41) is 28.8. The minimum Gasteiger partial charge on any atom is -0.496 e. The average molecular weight is 1100 g/mol. The number of carbonyl (C=O) groups is 2. The van der Waals surface area contributed by atoms with E-state index in [1.54, 1.807) is 27.7 Å². The lowest BCUT2D eigenvalue weighted by Crippen LogP contribution is -2.57. The molecule has 1 atom stereocenters. The molecule has 0 saturated carbocycles. The number of pyridine rings is 4. The van der Waals surface area contributed by atoms with Gasteiger partial charge in [0.05, 0.1) is 86.9 Å². The second-order valence-corrected chi connectivity index (χ2v) is 18.6. The molecule has 412 valence electrons. The van der Waals surface area contributed by atoms with Crippen molar-refractivity contribution in [2.75, 3.05) is 33.9 Å². The van der Waals surface area contributed by atoms with E-state index >= 15 is 17.6 Å². The van der Waals surface area contributed by atoms with Crippen LogP contribution < -0.4 is 35.4 Å². The number of aromatic nitrogens is 8. The fourth-order valence-electron chi connectivity index (χ4n) is 9.43. The van der Waals surface area contributed by atoms with Crippen LogP contribution in [0.4, 0.5) is 33.7 Å². The molecule has 0 bridgehead atoms. The highest BCUT2D eigenvalue weighted by atomic mass is 19.1. The van der Waals surface area contributed by atoms with Crippen molar-refractivity contribution < 1.29 is 55.9 Å². The minimum absolute atomic E-state index is 0.0830. The lowest BCUT2D eigenvalue weighted by atomic mass is 10.0. The maximum absolute atomic E-state index is 16.6. The van der Waals surface area contributed by atoms with Crippen LogP contribution >= 0.6 is 0 Å². The zero-order chi connectivity index (χ0) is 57.8. The van der Waals surface area contributed by atoms with Gasteiger partial charge in [-0.05, 0) is 62.1 Å². The summed E-state index contributed by atoms with van der Waals surface area (Å²) >= 11 is 0. The first-order valence-corrected chi connectivity index (χ1v) is 24.2. The second kappa shape index (κ2) is 21.5. The molecule has 1 fully saturated rings. The van der Waals surface area contributed by atoms with Crippen molar-refractivity contribution in [3.8, 4) is 56.6 Å². The number of aryl methyl sites for hydroxylation is 2. The summed E-state index contributed by atoms with van der Waals surface area (Å²) < 4.78 is 87.8. The number of nitrogens with one attached hydrogen (secondary N) is 1. The minimum atomic E-state index is -1.68. The average Bonchev–Trinajstić information content (AvgIpc) is 3.62. The molecule has 1 N–H and O–H groups in total. The predicted octanol–water partition coefficient (Wildman–Crippen LogP) is 7.63. The lowest BCUT2D eigenvalue weighted by Gasteiger charge is -2.31. The molecule has 9 rings (SSSR count). The smallest absolute Gasteiger partial charge is 0.415 e. The number of fused-ring (bicyclic) bond motifs is 2. The number of piperazine rings is 1. The summed E-state index contributed by atoms with van der Waals surface area (Å²) in [4.78, 5) is 107. The number of hydrogen-bond donors (Lipinski definition) is 1. The van der Waals surface area contributed by atoms with E-state index in [-0.39, 0.29) is 58.7 Å². The number of amides is 1. The van der Waals surface area contributed by atoms with Crippen molar-refractivity contribution in [2.45, 2.75) is 59.4 Å². The third-order valence-electron chi connectivity index (χ3n) is 13.1. The quantitative estimate of drug-likeness (QED) is 0.0381. The number of nitrogens with zero attached hydrogens (tertiary/aromatic N) is 11. The molecule has 2 aromatic carbocycles. The molecule has 1 unspecified atom stereocenters. The van der Waals surface area contributed by atoms with Crippen LogP contribution in [0.25, 0.3) is 55.7 Å². The molecule has 7 heterocycles. The Kier molecular flexibility index (Phi) is 14.8. The SMILES string of the molecule is COc1cccc(F)c1-c1cc2c(nc1F)c(OC(=O)C1CN(C(=O)Oc3c([N+](=O)[O-])c(=O)n(-c4c(C)ncnc4C(C)C)c4cc(-c5c(F)cccc5OC)c(F)nc34)CCN1)c([N+](=O)[O-])c(=O)n2-c1c(C)ncnc1C(C)C. The van der Waals surface area contributed by atoms with E-state index in [0.717, 1.165) is 38.3 Å². The van der Waals surface area contributed by atoms with E-state index in [1.807, 2.05) is 0 Å². The van der Waals surface area contributed by atoms with Crippen molar-refractivity contribution in [2.24, 2.45) is 0 Å². The van der Waals surface area contributed by atoms with Crippen LogP contribution in [0.1, 0.15) is 62.3 Å². The van der Waals surface area contributed by atoms with Crippen LogP contribution in [0.15, 0.2) is 70.8 Å². The molecule has 0 spiro atoms. The molecule has 24 nitrogen and oxygen atoms in total. The summed E-state index contributed by atoms with van der Waals surface area (Å²) in [7, 11) is 2.39. The maximum Gasteiger partial charge on any atom is 0.415 e. The maximum atomic E-state index is 16.6. The van der Waals surface area contributed by atoms with Gasteiger partial charge < -0.3 is 29.2 Å². The highest BCUT2D eigenvalue weighted by Gasteiger charge is 2.40. The van der Waals surface area contributed by atoms with Gasteiger partial charge >= 0.3 is 34.6 Å². The van der Waals surface area contributed by atoms with Gasteiger partial charge in [0, 0.05) is 24.2 Å². The van der Waals surface area contributed by atoms with Gasteiger partial charge in [0.25, 0.3) is 0 Å². The summed E-state index contributed by atoms with van der Waals surface area (Å²) in [5.41, 5.74) is -9.74. The number of carbonyl (C=O) groups excluding carboxylic acids is 2. The summed E-state index contributed by atoms with van der Waals surface area (Å²) in [6, 6.07) is 7.48. The van der Waals surface area contributed by atoms with Crippen LogP contribution in [-0.2, 0) is 4.79 Å².